The lowest BCUT2D eigenvalue weighted by molar-refractivity contribution is 0.228. The Morgan fingerprint density at radius 1 is 1.13 bits per heavy atom. The van der Waals surface area contributed by atoms with Crippen LogP contribution in [0.4, 0.5) is 10.5 Å². The Morgan fingerprint density at radius 2 is 1.90 bits per heavy atom. The number of hydrogen-bond acceptors (Lipinski definition) is 4. The van der Waals surface area contributed by atoms with Gasteiger partial charge in [0, 0.05) is 25.7 Å². The van der Waals surface area contributed by atoms with Crippen molar-refractivity contribution < 1.29 is 9.53 Å². The average Bonchev–Trinajstić information content (AvgIpc) is 3.50. The molecule has 2 heterocycles. The third-order valence-corrected chi connectivity index (χ3v) is 7.81. The first-order valence-electron chi connectivity index (χ1n) is 12.2. The minimum atomic E-state index is -0.388. The van der Waals surface area contributed by atoms with Gasteiger partial charge in [-0.2, -0.15) is 0 Å². The predicted octanol–water partition coefficient (Wildman–Crippen LogP) is 4.59. The molecule has 1 aromatic rings. The summed E-state index contributed by atoms with van der Waals surface area (Å²) in [5.41, 5.74) is 0.508. The summed E-state index contributed by atoms with van der Waals surface area (Å²) in [5.74, 6) is 2.48. The third kappa shape index (κ3) is 4.07. The monoisotopic (exact) mass is 424 g/mol. The van der Waals surface area contributed by atoms with Crippen LogP contribution in [0.15, 0.2) is 29.3 Å². The molecule has 4 fully saturated rings. The van der Waals surface area contributed by atoms with E-state index in [1.165, 1.54) is 44.9 Å². The number of hydrogen-bond donors (Lipinski definition) is 1. The van der Waals surface area contributed by atoms with Crippen molar-refractivity contribution in [3.05, 3.63) is 24.3 Å². The molecule has 2 amide bonds. The van der Waals surface area contributed by atoms with Crippen molar-refractivity contribution in [1.29, 1.82) is 0 Å². The number of benzene rings is 1. The lowest BCUT2D eigenvalue weighted by atomic mass is 9.89. The van der Waals surface area contributed by atoms with E-state index in [9.17, 15) is 4.79 Å². The van der Waals surface area contributed by atoms with Gasteiger partial charge in [0.15, 0.2) is 0 Å². The summed E-state index contributed by atoms with van der Waals surface area (Å²) in [6, 6.07) is 8.20. The molecule has 2 aliphatic heterocycles. The van der Waals surface area contributed by atoms with Crippen molar-refractivity contribution in [2.24, 2.45) is 10.9 Å². The van der Waals surface area contributed by atoms with E-state index in [1.54, 1.807) is 7.11 Å². The van der Waals surface area contributed by atoms with E-state index in [1.807, 2.05) is 29.2 Å². The Morgan fingerprint density at radius 3 is 2.68 bits per heavy atom. The first-order chi connectivity index (χ1) is 15.2. The fourth-order valence-corrected chi connectivity index (χ4v) is 6.19. The molecule has 0 aromatic heterocycles. The van der Waals surface area contributed by atoms with Gasteiger partial charge in [-0.3, -0.25) is 15.2 Å². The number of anilines is 1. The van der Waals surface area contributed by atoms with Crippen LogP contribution >= 0.6 is 0 Å². The number of aliphatic imine (C=N–C) groups is 1. The largest absolute Gasteiger partial charge is 0.497 e. The average molecular weight is 425 g/mol. The number of amides is 2. The van der Waals surface area contributed by atoms with E-state index < -0.39 is 0 Å². The Balaban J connectivity index is 1.45. The van der Waals surface area contributed by atoms with Crippen LogP contribution in [-0.2, 0) is 0 Å². The predicted molar refractivity (Wildman–Crippen MR) is 124 cm³/mol. The molecule has 1 aromatic carbocycles. The smallest absolute Gasteiger partial charge is 0.328 e. The molecule has 1 N–H and O–H groups in total. The van der Waals surface area contributed by atoms with Gasteiger partial charge in [0.05, 0.1) is 18.8 Å². The van der Waals surface area contributed by atoms with Crippen LogP contribution in [0.1, 0.15) is 64.2 Å². The molecule has 168 valence electrons. The molecule has 1 atom stereocenters. The standard InChI is InChI=1S/C25H36N4O2/c1-31-22-13-7-12-21(16-22)29-24(30)27-23(26-20-10-5-6-11-20)25(29)14-15-28(18-25)17-19-8-3-2-4-9-19/h7,12-13,16,19-20H,2-6,8-11,14-15,17-18H2,1H3,(H,26,27,30). The number of carbonyl (C=O) groups is 1. The highest BCUT2D eigenvalue weighted by Crippen LogP contribution is 2.39. The molecule has 2 saturated heterocycles. The van der Waals surface area contributed by atoms with Gasteiger partial charge >= 0.3 is 6.03 Å². The summed E-state index contributed by atoms with van der Waals surface area (Å²) in [4.78, 5) is 23.0. The van der Waals surface area contributed by atoms with Crippen LogP contribution < -0.4 is 15.0 Å². The maximum atomic E-state index is 13.3. The van der Waals surface area contributed by atoms with Crippen LogP contribution in [0.5, 0.6) is 5.75 Å². The minimum Gasteiger partial charge on any atom is -0.497 e. The lowest BCUT2D eigenvalue weighted by Gasteiger charge is -2.34. The van der Waals surface area contributed by atoms with Crippen molar-refractivity contribution in [2.75, 3.05) is 31.6 Å². The van der Waals surface area contributed by atoms with Gasteiger partial charge in [0.1, 0.15) is 17.1 Å². The van der Waals surface area contributed by atoms with Crippen molar-refractivity contribution in [3.8, 4) is 5.75 Å². The van der Waals surface area contributed by atoms with Crippen LogP contribution in [0.3, 0.4) is 0 Å². The van der Waals surface area contributed by atoms with Crippen LogP contribution in [0.2, 0.25) is 0 Å². The Hall–Kier alpha value is -2.08. The summed E-state index contributed by atoms with van der Waals surface area (Å²) < 4.78 is 5.46. The van der Waals surface area contributed by atoms with Gasteiger partial charge in [0.2, 0.25) is 0 Å². The molecule has 1 unspecified atom stereocenters. The van der Waals surface area contributed by atoms with Crippen molar-refractivity contribution in [3.63, 3.8) is 0 Å². The highest BCUT2D eigenvalue weighted by Gasteiger charge is 2.55. The van der Waals surface area contributed by atoms with Crippen molar-refractivity contribution in [1.82, 2.24) is 10.2 Å². The molecule has 2 saturated carbocycles. The molecule has 31 heavy (non-hydrogen) atoms. The summed E-state index contributed by atoms with van der Waals surface area (Å²) in [6.45, 7) is 3.04. The van der Waals surface area contributed by atoms with E-state index in [0.717, 1.165) is 62.1 Å². The zero-order valence-electron chi connectivity index (χ0n) is 18.8. The molecule has 0 bridgehead atoms. The van der Waals surface area contributed by atoms with Gasteiger partial charge in [-0.15, -0.1) is 0 Å². The lowest BCUT2D eigenvalue weighted by Crippen LogP contribution is -2.52. The maximum absolute atomic E-state index is 13.3. The van der Waals surface area contributed by atoms with Crippen molar-refractivity contribution in [2.45, 2.75) is 75.8 Å². The quantitative estimate of drug-likeness (QED) is 0.752. The number of urea groups is 1. The molecule has 0 radical (unpaired) electrons. The second-order valence-electron chi connectivity index (χ2n) is 9.90. The van der Waals surface area contributed by atoms with Crippen LogP contribution in [0, 0.1) is 5.92 Å². The van der Waals surface area contributed by atoms with Gasteiger partial charge < -0.3 is 9.64 Å². The Labute approximate surface area is 186 Å². The van der Waals surface area contributed by atoms with Gasteiger partial charge in [-0.25, -0.2) is 4.79 Å². The van der Waals surface area contributed by atoms with Crippen molar-refractivity contribution >= 4 is 17.6 Å². The number of nitrogens with zero attached hydrogens (tertiary/aromatic N) is 3. The number of ether oxygens (including phenoxy) is 1. The normalized spacial score (nSPS) is 29.4. The highest BCUT2D eigenvalue weighted by molar-refractivity contribution is 6.19. The molecule has 2 aliphatic carbocycles. The minimum absolute atomic E-state index is 0.0514. The number of methoxy groups -OCH3 is 1. The topological polar surface area (TPSA) is 57.2 Å². The second kappa shape index (κ2) is 8.81. The summed E-state index contributed by atoms with van der Waals surface area (Å²) in [7, 11) is 1.67. The van der Waals surface area contributed by atoms with E-state index in [2.05, 4.69) is 10.2 Å². The van der Waals surface area contributed by atoms with Crippen LogP contribution in [-0.4, -0.2) is 55.1 Å². The summed E-state index contributed by atoms with van der Waals surface area (Å²) in [5, 5.41) is 3.19. The number of amidine groups is 1. The molecular weight excluding hydrogens is 388 g/mol. The fraction of sp³-hybridized carbons (Fsp3) is 0.680. The number of likely N-dealkylation sites (tertiary alicyclic amines) is 1. The highest BCUT2D eigenvalue weighted by atomic mass is 16.5. The Bertz CT molecular complexity index is 829. The van der Waals surface area contributed by atoms with Gasteiger partial charge in [-0.1, -0.05) is 38.2 Å². The van der Waals surface area contributed by atoms with Gasteiger partial charge in [0.25, 0.3) is 0 Å². The number of nitrogens with one attached hydrogen (secondary N) is 1. The summed E-state index contributed by atoms with van der Waals surface area (Å²) in [6.07, 6.45) is 12.5. The van der Waals surface area contributed by atoms with Gasteiger partial charge in [-0.05, 0) is 50.2 Å². The maximum Gasteiger partial charge on any atom is 0.328 e. The first-order valence-corrected chi connectivity index (χ1v) is 12.2. The van der Waals surface area contributed by atoms with E-state index >= 15 is 0 Å². The zero-order chi connectivity index (χ0) is 21.3. The molecule has 1 spiro atoms. The molecule has 5 rings (SSSR count). The SMILES string of the molecule is COc1cccc(N2C(=O)NC(=NC3CCCC3)C23CCN(CC2CCCCC2)C3)c1. The Kier molecular flexibility index (Phi) is 5.91. The zero-order valence-corrected chi connectivity index (χ0v) is 18.8. The second-order valence-corrected chi connectivity index (χ2v) is 9.90. The molecule has 6 nitrogen and oxygen atoms in total. The third-order valence-electron chi connectivity index (χ3n) is 7.81. The number of carbonyl (C=O) groups excluding carboxylic acids is 1. The first kappa shape index (κ1) is 20.8. The number of rotatable bonds is 5. The van der Waals surface area contributed by atoms with E-state index in [-0.39, 0.29) is 11.6 Å². The summed E-state index contributed by atoms with van der Waals surface area (Å²) >= 11 is 0. The van der Waals surface area contributed by atoms with Crippen LogP contribution in [0.25, 0.3) is 0 Å². The molecule has 6 heteroatoms. The molecular formula is C25H36N4O2. The van der Waals surface area contributed by atoms with E-state index in [4.69, 9.17) is 9.73 Å². The molecule has 4 aliphatic rings. The van der Waals surface area contributed by atoms with E-state index in [0.29, 0.717) is 6.04 Å². The fourth-order valence-electron chi connectivity index (χ4n) is 6.19.